The molecule has 1 rings (SSSR count). The van der Waals surface area contributed by atoms with Gasteiger partial charge in [0.15, 0.2) is 0 Å². The van der Waals surface area contributed by atoms with Gasteiger partial charge in [0, 0.05) is 6.61 Å². The number of aliphatic hydroxyl groups excluding tert-OH is 1. The summed E-state index contributed by atoms with van der Waals surface area (Å²) in [4.78, 5) is 0. The van der Waals surface area contributed by atoms with Crippen LogP contribution in [-0.4, -0.2) is 23.9 Å². The van der Waals surface area contributed by atoms with Crippen LogP contribution in [0.4, 0.5) is 0 Å². The molecule has 1 aliphatic rings. The maximum Gasteiger partial charge on any atom is 0.0863 e. The maximum absolute atomic E-state index is 9.52. The first-order valence-corrected chi connectivity index (χ1v) is 4.16. The van der Waals surface area contributed by atoms with Gasteiger partial charge in [-0.1, -0.05) is 13.0 Å². The molecule has 1 N–H and O–H groups in total. The Morgan fingerprint density at radius 2 is 2.55 bits per heavy atom. The minimum Gasteiger partial charge on any atom is -0.390 e. The van der Waals surface area contributed by atoms with Gasteiger partial charge in [-0.25, -0.2) is 0 Å². The number of rotatable bonds is 3. The van der Waals surface area contributed by atoms with E-state index >= 15 is 0 Å². The zero-order valence-corrected chi connectivity index (χ0v) is 6.99. The minimum atomic E-state index is -0.356. The summed E-state index contributed by atoms with van der Waals surface area (Å²) in [5.74, 6) is 0.491. The second-order valence-corrected chi connectivity index (χ2v) is 3.19. The largest absolute Gasteiger partial charge is 0.390 e. The van der Waals surface area contributed by atoms with Crippen molar-refractivity contribution in [1.82, 2.24) is 0 Å². The van der Waals surface area contributed by atoms with Gasteiger partial charge in [0.05, 0.1) is 12.2 Å². The Balaban J connectivity index is 2.38. The second-order valence-electron chi connectivity index (χ2n) is 3.19. The van der Waals surface area contributed by atoms with Gasteiger partial charge in [-0.05, 0) is 18.8 Å². The average Bonchev–Trinajstić information content (AvgIpc) is 2.36. The van der Waals surface area contributed by atoms with Crippen LogP contribution in [0.25, 0.3) is 0 Å². The molecular formula is C9H16O2. The van der Waals surface area contributed by atoms with Crippen LogP contribution in [0.2, 0.25) is 0 Å². The Morgan fingerprint density at radius 3 is 3.00 bits per heavy atom. The van der Waals surface area contributed by atoms with E-state index in [-0.39, 0.29) is 12.2 Å². The fraction of sp³-hybridized carbons (Fsp3) is 0.778. The smallest absolute Gasteiger partial charge is 0.0863 e. The third-order valence-corrected chi connectivity index (χ3v) is 2.23. The molecule has 0 aromatic carbocycles. The molecule has 1 saturated heterocycles. The molecule has 2 heteroatoms. The molecule has 1 aliphatic heterocycles. The molecule has 0 aromatic rings. The van der Waals surface area contributed by atoms with Gasteiger partial charge in [-0.15, -0.1) is 6.58 Å². The zero-order valence-electron chi connectivity index (χ0n) is 6.99. The molecule has 0 aromatic heterocycles. The summed E-state index contributed by atoms with van der Waals surface area (Å²) in [6.07, 6.45) is 3.12. The molecule has 64 valence electrons. The van der Waals surface area contributed by atoms with Gasteiger partial charge in [0.25, 0.3) is 0 Å². The normalized spacial score (nSPS) is 33.6. The van der Waals surface area contributed by atoms with Gasteiger partial charge in [-0.3, -0.25) is 0 Å². The van der Waals surface area contributed by atoms with Crippen LogP contribution in [0.1, 0.15) is 19.8 Å². The Kier molecular flexibility index (Phi) is 3.09. The van der Waals surface area contributed by atoms with Crippen LogP contribution in [0.15, 0.2) is 12.7 Å². The van der Waals surface area contributed by atoms with Crippen LogP contribution in [0.3, 0.4) is 0 Å². The Bertz CT molecular complexity index is 134. The van der Waals surface area contributed by atoms with Crippen molar-refractivity contribution in [2.75, 3.05) is 6.61 Å². The van der Waals surface area contributed by atoms with E-state index < -0.39 is 0 Å². The van der Waals surface area contributed by atoms with Crippen LogP contribution >= 0.6 is 0 Å². The SMILES string of the molecule is C=CCC(O)C1OCCC1C. The molecule has 0 amide bonds. The van der Waals surface area contributed by atoms with Crippen molar-refractivity contribution in [3.8, 4) is 0 Å². The Morgan fingerprint density at radius 1 is 1.82 bits per heavy atom. The van der Waals surface area contributed by atoms with E-state index in [0.29, 0.717) is 12.3 Å². The highest BCUT2D eigenvalue weighted by Crippen LogP contribution is 2.24. The molecule has 3 atom stereocenters. The van der Waals surface area contributed by atoms with E-state index in [9.17, 15) is 5.11 Å². The summed E-state index contributed by atoms with van der Waals surface area (Å²) in [5.41, 5.74) is 0. The van der Waals surface area contributed by atoms with Crippen molar-refractivity contribution in [1.29, 1.82) is 0 Å². The first-order valence-electron chi connectivity index (χ1n) is 4.16. The molecule has 0 saturated carbocycles. The van der Waals surface area contributed by atoms with Gasteiger partial charge < -0.3 is 9.84 Å². The third kappa shape index (κ3) is 2.04. The minimum absolute atomic E-state index is 0.0352. The lowest BCUT2D eigenvalue weighted by molar-refractivity contribution is -0.0144. The van der Waals surface area contributed by atoms with Gasteiger partial charge in [0.1, 0.15) is 0 Å². The molecular weight excluding hydrogens is 140 g/mol. The molecule has 0 aliphatic carbocycles. The Hall–Kier alpha value is -0.340. The standard InChI is InChI=1S/C9H16O2/c1-3-4-8(10)9-7(2)5-6-11-9/h3,7-10H,1,4-6H2,2H3. The number of hydrogen-bond acceptors (Lipinski definition) is 2. The maximum atomic E-state index is 9.52. The summed E-state index contributed by atoms with van der Waals surface area (Å²) in [6, 6.07) is 0. The summed E-state index contributed by atoms with van der Waals surface area (Å²) < 4.78 is 5.38. The van der Waals surface area contributed by atoms with Crippen LogP contribution < -0.4 is 0 Å². The molecule has 0 bridgehead atoms. The molecule has 0 spiro atoms. The molecule has 0 radical (unpaired) electrons. The average molecular weight is 156 g/mol. The summed E-state index contributed by atoms with van der Waals surface area (Å²) in [6.45, 7) is 6.49. The quantitative estimate of drug-likeness (QED) is 0.625. The summed E-state index contributed by atoms with van der Waals surface area (Å²) in [7, 11) is 0. The van der Waals surface area contributed by atoms with E-state index in [2.05, 4.69) is 13.5 Å². The second kappa shape index (κ2) is 3.88. The summed E-state index contributed by atoms with van der Waals surface area (Å²) >= 11 is 0. The molecule has 1 heterocycles. The van der Waals surface area contributed by atoms with Crippen molar-refractivity contribution in [2.24, 2.45) is 5.92 Å². The molecule has 11 heavy (non-hydrogen) atoms. The van der Waals surface area contributed by atoms with Crippen molar-refractivity contribution in [2.45, 2.75) is 32.0 Å². The highest BCUT2D eigenvalue weighted by molar-refractivity contribution is 4.84. The van der Waals surface area contributed by atoms with Crippen molar-refractivity contribution < 1.29 is 9.84 Å². The van der Waals surface area contributed by atoms with Crippen molar-refractivity contribution >= 4 is 0 Å². The first-order chi connectivity index (χ1) is 5.25. The predicted octanol–water partition coefficient (Wildman–Crippen LogP) is 1.35. The first kappa shape index (κ1) is 8.75. The van der Waals surface area contributed by atoms with E-state index in [0.717, 1.165) is 13.0 Å². The van der Waals surface area contributed by atoms with Crippen LogP contribution in [0.5, 0.6) is 0 Å². The fourth-order valence-electron chi connectivity index (χ4n) is 1.51. The summed E-state index contributed by atoms with van der Waals surface area (Å²) in [5, 5.41) is 9.52. The van der Waals surface area contributed by atoms with Crippen LogP contribution in [0, 0.1) is 5.92 Å². The molecule has 1 fully saturated rings. The number of ether oxygens (including phenoxy) is 1. The van der Waals surface area contributed by atoms with Crippen molar-refractivity contribution in [3.63, 3.8) is 0 Å². The number of aliphatic hydroxyl groups is 1. The number of hydrogen-bond donors (Lipinski definition) is 1. The lowest BCUT2D eigenvalue weighted by atomic mass is 9.98. The zero-order chi connectivity index (χ0) is 8.27. The van der Waals surface area contributed by atoms with Crippen LogP contribution in [-0.2, 0) is 4.74 Å². The van der Waals surface area contributed by atoms with E-state index in [1.807, 2.05) is 0 Å². The third-order valence-electron chi connectivity index (χ3n) is 2.23. The molecule has 2 nitrogen and oxygen atoms in total. The van der Waals surface area contributed by atoms with E-state index in [1.165, 1.54) is 0 Å². The fourth-order valence-corrected chi connectivity index (χ4v) is 1.51. The Labute approximate surface area is 67.9 Å². The monoisotopic (exact) mass is 156 g/mol. The lowest BCUT2D eigenvalue weighted by Crippen LogP contribution is -2.29. The predicted molar refractivity (Wildman–Crippen MR) is 44.3 cm³/mol. The van der Waals surface area contributed by atoms with Gasteiger partial charge in [-0.2, -0.15) is 0 Å². The highest BCUT2D eigenvalue weighted by atomic mass is 16.5. The lowest BCUT2D eigenvalue weighted by Gasteiger charge is -2.19. The molecule has 3 unspecified atom stereocenters. The van der Waals surface area contributed by atoms with E-state index in [4.69, 9.17) is 4.74 Å². The van der Waals surface area contributed by atoms with Crippen molar-refractivity contribution in [3.05, 3.63) is 12.7 Å². The highest BCUT2D eigenvalue weighted by Gasteiger charge is 2.29. The van der Waals surface area contributed by atoms with Gasteiger partial charge in [0.2, 0.25) is 0 Å². The van der Waals surface area contributed by atoms with Gasteiger partial charge >= 0.3 is 0 Å². The van der Waals surface area contributed by atoms with E-state index in [1.54, 1.807) is 6.08 Å². The topological polar surface area (TPSA) is 29.5 Å².